The van der Waals surface area contributed by atoms with Crippen LogP contribution in [0.1, 0.15) is 25.0 Å². The molecule has 26 heavy (non-hydrogen) atoms. The summed E-state index contributed by atoms with van der Waals surface area (Å²) < 4.78 is 7.12. The molecular weight excluding hydrogens is 352 g/mol. The van der Waals surface area contributed by atoms with Crippen molar-refractivity contribution in [3.8, 4) is 0 Å². The van der Waals surface area contributed by atoms with Gasteiger partial charge in [0.25, 0.3) is 5.56 Å². The van der Waals surface area contributed by atoms with E-state index in [0.717, 1.165) is 43.0 Å². The Labute approximate surface area is 156 Å². The second kappa shape index (κ2) is 6.75. The quantitative estimate of drug-likeness (QED) is 0.806. The molecule has 1 spiro atoms. The van der Waals surface area contributed by atoms with Crippen LogP contribution in [0, 0.1) is 5.41 Å². The van der Waals surface area contributed by atoms with E-state index in [1.54, 1.807) is 23.8 Å². The van der Waals surface area contributed by atoms with Crippen molar-refractivity contribution < 1.29 is 9.53 Å². The Morgan fingerprint density at radius 1 is 1.35 bits per heavy atom. The number of amides is 1. The smallest absolute Gasteiger partial charge is 0.258 e. The van der Waals surface area contributed by atoms with Crippen molar-refractivity contribution in [3.63, 3.8) is 0 Å². The fourth-order valence-corrected chi connectivity index (χ4v) is 5.03. The first-order chi connectivity index (χ1) is 12.5. The number of thiazole rings is 1. The predicted octanol–water partition coefficient (Wildman–Crippen LogP) is 1.22. The van der Waals surface area contributed by atoms with E-state index in [9.17, 15) is 9.59 Å². The molecule has 0 bridgehead atoms. The molecule has 140 valence electrons. The molecule has 1 unspecified atom stereocenters. The first-order valence-electron chi connectivity index (χ1n) is 8.97. The van der Waals surface area contributed by atoms with Gasteiger partial charge >= 0.3 is 0 Å². The Kier molecular flexibility index (Phi) is 4.58. The van der Waals surface area contributed by atoms with Gasteiger partial charge in [-0.1, -0.05) is 0 Å². The zero-order valence-corrected chi connectivity index (χ0v) is 16.0. The van der Waals surface area contributed by atoms with Crippen LogP contribution in [0.15, 0.2) is 22.4 Å². The lowest BCUT2D eigenvalue weighted by Gasteiger charge is -2.47. The Hall–Kier alpha value is -1.77. The molecular formula is C18H24N4O3S. The summed E-state index contributed by atoms with van der Waals surface area (Å²) >= 11 is 1.47. The fourth-order valence-electron chi connectivity index (χ4n) is 4.29. The van der Waals surface area contributed by atoms with Crippen LogP contribution in [0.5, 0.6) is 0 Å². The molecule has 2 aromatic heterocycles. The van der Waals surface area contributed by atoms with Crippen molar-refractivity contribution in [2.24, 2.45) is 5.41 Å². The number of ether oxygens (including phenoxy) is 1. The standard InChI is InChI=1S/C18H24N4O3S/c1-20-12-14(25-2)10-18(16(20)24)3-5-21(6-4-18)11-13-9-15(23)22-7-8-26-17(22)19-13/h7-9,14H,3-6,10-12H2,1-2H3. The van der Waals surface area contributed by atoms with Gasteiger partial charge in [0, 0.05) is 44.9 Å². The summed E-state index contributed by atoms with van der Waals surface area (Å²) in [7, 11) is 3.59. The van der Waals surface area contributed by atoms with Gasteiger partial charge in [-0.3, -0.25) is 18.9 Å². The van der Waals surface area contributed by atoms with Gasteiger partial charge in [0.05, 0.1) is 17.2 Å². The van der Waals surface area contributed by atoms with Crippen molar-refractivity contribution in [2.45, 2.75) is 31.9 Å². The highest BCUT2D eigenvalue weighted by atomic mass is 32.1. The highest BCUT2D eigenvalue weighted by Gasteiger charge is 2.47. The van der Waals surface area contributed by atoms with Gasteiger partial charge in [-0.2, -0.15) is 0 Å². The van der Waals surface area contributed by atoms with E-state index in [1.165, 1.54) is 11.3 Å². The lowest BCUT2D eigenvalue weighted by molar-refractivity contribution is -0.156. The maximum absolute atomic E-state index is 12.8. The second-order valence-electron chi connectivity index (χ2n) is 7.45. The number of carbonyl (C=O) groups is 1. The molecule has 4 heterocycles. The summed E-state index contributed by atoms with van der Waals surface area (Å²) in [6, 6.07) is 1.62. The first kappa shape index (κ1) is 17.6. The van der Waals surface area contributed by atoms with Crippen molar-refractivity contribution in [1.82, 2.24) is 19.2 Å². The van der Waals surface area contributed by atoms with E-state index in [4.69, 9.17) is 4.74 Å². The lowest BCUT2D eigenvalue weighted by atomic mass is 9.71. The van der Waals surface area contributed by atoms with E-state index in [-0.39, 0.29) is 23.0 Å². The van der Waals surface area contributed by atoms with Crippen LogP contribution in [0.3, 0.4) is 0 Å². The average Bonchev–Trinajstić information content (AvgIpc) is 3.10. The number of rotatable bonds is 3. The summed E-state index contributed by atoms with van der Waals surface area (Å²) in [5.41, 5.74) is 0.469. The lowest BCUT2D eigenvalue weighted by Crippen LogP contribution is -2.56. The summed E-state index contributed by atoms with van der Waals surface area (Å²) in [6.07, 6.45) is 4.34. The molecule has 0 aromatic carbocycles. The van der Waals surface area contributed by atoms with E-state index in [2.05, 4.69) is 9.88 Å². The molecule has 1 atom stereocenters. The molecule has 2 aromatic rings. The molecule has 0 aliphatic carbocycles. The molecule has 0 saturated carbocycles. The maximum Gasteiger partial charge on any atom is 0.258 e. The third kappa shape index (κ3) is 3.06. The van der Waals surface area contributed by atoms with Gasteiger partial charge in [0.2, 0.25) is 5.91 Å². The van der Waals surface area contributed by atoms with Gasteiger partial charge in [0.1, 0.15) is 0 Å². The zero-order chi connectivity index (χ0) is 18.3. The number of hydrogen-bond acceptors (Lipinski definition) is 6. The molecule has 2 aliphatic rings. The molecule has 2 fully saturated rings. The molecule has 1 amide bonds. The molecule has 4 rings (SSSR count). The summed E-state index contributed by atoms with van der Waals surface area (Å²) in [5.74, 6) is 0.252. The molecule has 8 heteroatoms. The van der Waals surface area contributed by atoms with Crippen LogP contribution >= 0.6 is 11.3 Å². The summed E-state index contributed by atoms with van der Waals surface area (Å²) in [5, 5.41) is 1.87. The van der Waals surface area contributed by atoms with E-state index >= 15 is 0 Å². The average molecular weight is 376 g/mol. The second-order valence-corrected chi connectivity index (χ2v) is 8.32. The number of likely N-dealkylation sites (tertiary alicyclic amines) is 2. The molecule has 0 N–H and O–H groups in total. The molecule has 2 saturated heterocycles. The predicted molar refractivity (Wildman–Crippen MR) is 99.3 cm³/mol. The molecule has 0 radical (unpaired) electrons. The number of likely N-dealkylation sites (N-methyl/N-ethyl adjacent to an activating group) is 1. The van der Waals surface area contributed by atoms with E-state index in [1.807, 2.05) is 17.3 Å². The minimum absolute atomic E-state index is 0.0354. The normalized spacial score (nSPS) is 23.8. The van der Waals surface area contributed by atoms with E-state index in [0.29, 0.717) is 13.1 Å². The zero-order valence-electron chi connectivity index (χ0n) is 15.2. The van der Waals surface area contributed by atoms with Crippen LogP contribution in [-0.2, 0) is 16.1 Å². The first-order valence-corrected chi connectivity index (χ1v) is 9.85. The highest BCUT2D eigenvalue weighted by Crippen LogP contribution is 2.41. The van der Waals surface area contributed by atoms with Gasteiger partial charge in [0.15, 0.2) is 4.96 Å². The third-order valence-electron chi connectivity index (χ3n) is 5.78. The number of fused-ring (bicyclic) bond motifs is 1. The van der Waals surface area contributed by atoms with Crippen LogP contribution in [0.2, 0.25) is 0 Å². The Morgan fingerprint density at radius 2 is 2.12 bits per heavy atom. The number of aromatic nitrogens is 2. The number of piperidine rings is 2. The summed E-state index contributed by atoms with van der Waals surface area (Å²) in [6.45, 7) is 3.00. The van der Waals surface area contributed by atoms with Crippen molar-refractivity contribution in [1.29, 1.82) is 0 Å². The SMILES string of the molecule is COC1CN(C)C(=O)C2(CCN(Cc3cc(=O)n4ccsc4n3)CC2)C1. The number of methoxy groups -OCH3 is 1. The van der Waals surface area contributed by atoms with E-state index < -0.39 is 0 Å². The van der Waals surface area contributed by atoms with Crippen LogP contribution in [0.4, 0.5) is 0 Å². The number of carbonyl (C=O) groups excluding carboxylic acids is 1. The van der Waals surface area contributed by atoms with Crippen molar-refractivity contribution in [2.75, 3.05) is 33.8 Å². The monoisotopic (exact) mass is 376 g/mol. The Morgan fingerprint density at radius 3 is 2.85 bits per heavy atom. The minimum atomic E-state index is -0.297. The Bertz CT molecular complexity index is 869. The van der Waals surface area contributed by atoms with Gasteiger partial charge in [-0.25, -0.2) is 4.98 Å². The third-order valence-corrected chi connectivity index (χ3v) is 6.54. The van der Waals surface area contributed by atoms with Crippen LogP contribution in [0.25, 0.3) is 4.96 Å². The van der Waals surface area contributed by atoms with Gasteiger partial charge in [-0.05, 0) is 32.4 Å². The molecule has 7 nitrogen and oxygen atoms in total. The minimum Gasteiger partial charge on any atom is -0.380 e. The van der Waals surface area contributed by atoms with Gasteiger partial charge < -0.3 is 9.64 Å². The number of nitrogens with zero attached hydrogens (tertiary/aromatic N) is 4. The fraction of sp³-hybridized carbons (Fsp3) is 0.611. The molecule has 2 aliphatic heterocycles. The van der Waals surface area contributed by atoms with Crippen LogP contribution in [-0.4, -0.2) is 65.0 Å². The maximum atomic E-state index is 12.8. The summed E-state index contributed by atoms with van der Waals surface area (Å²) in [4.78, 5) is 34.4. The number of hydrogen-bond donors (Lipinski definition) is 0. The highest BCUT2D eigenvalue weighted by molar-refractivity contribution is 7.15. The van der Waals surface area contributed by atoms with Crippen molar-refractivity contribution >= 4 is 22.2 Å². The Balaban J connectivity index is 1.46. The van der Waals surface area contributed by atoms with Crippen molar-refractivity contribution in [3.05, 3.63) is 33.7 Å². The van der Waals surface area contributed by atoms with Gasteiger partial charge in [-0.15, -0.1) is 11.3 Å². The largest absolute Gasteiger partial charge is 0.380 e. The van der Waals surface area contributed by atoms with Crippen LogP contribution < -0.4 is 5.56 Å². The topological polar surface area (TPSA) is 67.2 Å².